The van der Waals surface area contributed by atoms with Crippen LogP contribution < -0.4 is 11.2 Å². The molecule has 1 aromatic heterocycles. The van der Waals surface area contributed by atoms with E-state index in [0.29, 0.717) is 11.4 Å². The number of hydrogen-bond acceptors (Lipinski definition) is 3. The highest BCUT2D eigenvalue weighted by Crippen LogP contribution is 2.07. The van der Waals surface area contributed by atoms with Crippen LogP contribution >= 0.6 is 0 Å². The lowest BCUT2D eigenvalue weighted by Gasteiger charge is -2.03. The van der Waals surface area contributed by atoms with Crippen molar-refractivity contribution in [3.8, 4) is 0 Å². The second kappa shape index (κ2) is 5.31. The first-order valence-electron chi connectivity index (χ1n) is 5.71. The molecule has 0 unspecified atom stereocenters. The van der Waals surface area contributed by atoms with E-state index in [1.165, 1.54) is 5.56 Å². The molecule has 0 amide bonds. The first-order valence-corrected chi connectivity index (χ1v) is 5.71. The lowest BCUT2D eigenvalue weighted by molar-refractivity contribution is 0.999. The molecule has 2 rings (SSSR count). The van der Waals surface area contributed by atoms with E-state index in [0.717, 1.165) is 5.56 Å². The highest BCUT2D eigenvalue weighted by Gasteiger charge is 1.93. The quantitative estimate of drug-likeness (QED) is 0.877. The third-order valence-corrected chi connectivity index (χ3v) is 2.58. The van der Waals surface area contributed by atoms with Crippen LogP contribution in [0.15, 0.2) is 41.5 Å². The van der Waals surface area contributed by atoms with Gasteiger partial charge in [-0.25, -0.2) is 0 Å². The summed E-state index contributed by atoms with van der Waals surface area (Å²) < 4.78 is 1.76. The third-order valence-electron chi connectivity index (χ3n) is 2.58. The summed E-state index contributed by atoms with van der Waals surface area (Å²) in [4.78, 5) is 8.12. The van der Waals surface area contributed by atoms with Crippen LogP contribution in [0.2, 0.25) is 0 Å². The minimum atomic E-state index is 0. The number of aryl methyl sites for hydroxylation is 1. The fourth-order valence-electron chi connectivity index (χ4n) is 1.63. The van der Waals surface area contributed by atoms with E-state index in [9.17, 15) is 0 Å². The van der Waals surface area contributed by atoms with Gasteiger partial charge in [-0.15, -0.1) is 0 Å². The summed E-state index contributed by atoms with van der Waals surface area (Å²) in [5.74, 6) is 0.419. The van der Waals surface area contributed by atoms with Gasteiger partial charge in [0.15, 0.2) is 5.49 Å². The van der Waals surface area contributed by atoms with Crippen molar-refractivity contribution in [2.75, 3.05) is 12.8 Å². The minimum Gasteiger partial charge on any atom is -0.369 e. The largest absolute Gasteiger partial charge is 0.369 e. The molecule has 2 N–H and O–H groups in total. The fraction of sp³-hybridized carbons (Fsp3) is 0.143. The van der Waals surface area contributed by atoms with Gasteiger partial charge in [-0.1, -0.05) is 29.8 Å². The highest BCUT2D eigenvalue weighted by atomic mass is 15.1. The van der Waals surface area contributed by atoms with Crippen molar-refractivity contribution in [2.24, 2.45) is 4.99 Å². The minimum absolute atomic E-state index is 0. The van der Waals surface area contributed by atoms with Gasteiger partial charge >= 0.3 is 0 Å². The Labute approximate surface area is 108 Å². The molecule has 0 aliphatic rings. The molecule has 0 aliphatic carbocycles. The fourth-order valence-corrected chi connectivity index (χ4v) is 1.63. The molecule has 0 aliphatic heterocycles. The zero-order chi connectivity index (χ0) is 13.0. The van der Waals surface area contributed by atoms with Gasteiger partial charge in [0.1, 0.15) is 0 Å². The second-order valence-electron chi connectivity index (χ2n) is 4.00. The molecule has 4 nitrogen and oxygen atoms in total. The van der Waals surface area contributed by atoms with E-state index >= 15 is 0 Å². The summed E-state index contributed by atoms with van der Waals surface area (Å²) >= 11 is 0. The summed E-state index contributed by atoms with van der Waals surface area (Å²) in [6.45, 7) is 2.07. The van der Waals surface area contributed by atoms with Crippen molar-refractivity contribution in [2.45, 2.75) is 6.92 Å². The molecule has 0 saturated carbocycles. The highest BCUT2D eigenvalue weighted by molar-refractivity contribution is 5.62. The molecule has 1 aromatic carbocycles. The maximum atomic E-state index is 5.83. The predicted octanol–water partition coefficient (Wildman–Crippen LogP) is 2.18. The number of anilines is 1. The standard InChI is InChI=1S/C14H16N4.H2/c1-11-4-3-5-12(10-11)6-8-18-9-7-13(16-2)17-14(18)15;/h3-10H,1-2H3,(H2,15,16,17);1H/b8-6+;. The van der Waals surface area contributed by atoms with Crippen LogP contribution in [0.1, 0.15) is 12.6 Å². The maximum Gasteiger partial charge on any atom is 0.206 e. The van der Waals surface area contributed by atoms with E-state index < -0.39 is 0 Å². The van der Waals surface area contributed by atoms with Crippen LogP contribution in [0.3, 0.4) is 0 Å². The van der Waals surface area contributed by atoms with E-state index in [-0.39, 0.29) is 1.43 Å². The Kier molecular flexibility index (Phi) is 3.57. The SMILES string of the molecule is CN=c1ccn(/C=C/c2cccc(C)c2)c(N)n1.[HH]. The summed E-state index contributed by atoms with van der Waals surface area (Å²) in [6, 6.07) is 10.1. The van der Waals surface area contributed by atoms with Gasteiger partial charge < -0.3 is 5.73 Å². The summed E-state index contributed by atoms with van der Waals surface area (Å²) in [7, 11) is 1.69. The molecule has 2 aromatic rings. The van der Waals surface area contributed by atoms with Gasteiger partial charge in [0.05, 0.1) is 0 Å². The van der Waals surface area contributed by atoms with E-state index in [1.54, 1.807) is 11.6 Å². The van der Waals surface area contributed by atoms with Gasteiger partial charge in [-0.05, 0) is 24.6 Å². The Morgan fingerprint density at radius 2 is 2.22 bits per heavy atom. The number of hydrogen-bond donors (Lipinski definition) is 1. The van der Waals surface area contributed by atoms with Gasteiger partial charge in [0, 0.05) is 20.9 Å². The zero-order valence-electron chi connectivity index (χ0n) is 10.5. The number of aromatic nitrogens is 2. The van der Waals surface area contributed by atoms with Gasteiger partial charge in [0.25, 0.3) is 0 Å². The molecule has 18 heavy (non-hydrogen) atoms. The van der Waals surface area contributed by atoms with E-state index in [4.69, 9.17) is 5.73 Å². The molecule has 0 radical (unpaired) electrons. The number of benzene rings is 1. The van der Waals surface area contributed by atoms with Crippen molar-refractivity contribution in [3.63, 3.8) is 0 Å². The molecule has 0 saturated heterocycles. The molecule has 1 heterocycles. The molecule has 0 bridgehead atoms. The second-order valence-corrected chi connectivity index (χ2v) is 4.00. The van der Waals surface area contributed by atoms with E-state index in [2.05, 4.69) is 29.0 Å². The third kappa shape index (κ3) is 2.85. The lowest BCUT2D eigenvalue weighted by Crippen LogP contribution is -2.13. The van der Waals surface area contributed by atoms with Gasteiger partial charge in [-0.2, -0.15) is 4.98 Å². The summed E-state index contributed by atoms with van der Waals surface area (Å²) in [5.41, 5.74) is 8.82. The summed E-state index contributed by atoms with van der Waals surface area (Å²) in [6.07, 6.45) is 5.72. The predicted molar refractivity (Wildman–Crippen MR) is 76.6 cm³/mol. The molecule has 4 heteroatoms. The van der Waals surface area contributed by atoms with Crippen molar-refractivity contribution < 1.29 is 1.43 Å². The Bertz CT molecular complexity index is 644. The molecule has 0 spiro atoms. The summed E-state index contributed by atoms with van der Waals surface area (Å²) in [5, 5.41) is 0. The topological polar surface area (TPSA) is 56.2 Å². The Hall–Kier alpha value is -2.36. The monoisotopic (exact) mass is 242 g/mol. The first-order chi connectivity index (χ1) is 8.69. The molecule has 0 atom stereocenters. The molecule has 94 valence electrons. The van der Waals surface area contributed by atoms with E-state index in [1.807, 2.05) is 36.7 Å². The van der Waals surface area contributed by atoms with Crippen molar-refractivity contribution >= 4 is 18.2 Å². The Balaban J connectivity index is 0.00000180. The first kappa shape index (κ1) is 12.1. The zero-order valence-corrected chi connectivity index (χ0v) is 10.5. The van der Waals surface area contributed by atoms with Crippen LogP contribution in [0.25, 0.3) is 12.3 Å². The van der Waals surface area contributed by atoms with Crippen molar-refractivity contribution in [1.29, 1.82) is 0 Å². The van der Waals surface area contributed by atoms with Crippen LogP contribution in [0.4, 0.5) is 5.95 Å². The number of rotatable bonds is 2. The van der Waals surface area contributed by atoms with Crippen LogP contribution in [-0.2, 0) is 0 Å². The van der Waals surface area contributed by atoms with Crippen molar-refractivity contribution in [1.82, 2.24) is 9.55 Å². The number of nitrogens with two attached hydrogens (primary N) is 1. The maximum absolute atomic E-state index is 5.83. The number of nitrogens with zero attached hydrogens (tertiary/aromatic N) is 3. The Morgan fingerprint density at radius 3 is 2.89 bits per heavy atom. The van der Waals surface area contributed by atoms with Crippen LogP contribution in [-0.4, -0.2) is 16.6 Å². The Morgan fingerprint density at radius 1 is 1.39 bits per heavy atom. The van der Waals surface area contributed by atoms with Crippen LogP contribution in [0.5, 0.6) is 0 Å². The van der Waals surface area contributed by atoms with Gasteiger partial charge in [-0.3, -0.25) is 9.56 Å². The average Bonchev–Trinajstić information content (AvgIpc) is 2.37. The van der Waals surface area contributed by atoms with Crippen molar-refractivity contribution in [3.05, 3.63) is 53.1 Å². The molecule has 0 fully saturated rings. The molecular weight excluding hydrogens is 224 g/mol. The van der Waals surface area contributed by atoms with Gasteiger partial charge in [0.2, 0.25) is 5.95 Å². The number of nitrogen functional groups attached to an aromatic ring is 1. The normalized spacial score (nSPS) is 12.2. The average molecular weight is 242 g/mol. The molecular formula is C14H18N4. The lowest BCUT2D eigenvalue weighted by atomic mass is 10.1. The van der Waals surface area contributed by atoms with Crippen LogP contribution in [0, 0.1) is 6.92 Å². The smallest absolute Gasteiger partial charge is 0.206 e.